The zero-order valence-corrected chi connectivity index (χ0v) is 18.0. The number of esters is 1. The zero-order chi connectivity index (χ0) is 23.0. The number of hydrogen-bond acceptors (Lipinski definition) is 5. The second-order valence-corrected chi connectivity index (χ2v) is 7.71. The van der Waals surface area contributed by atoms with Crippen molar-refractivity contribution < 1.29 is 32.6 Å². The first-order valence-electron chi connectivity index (χ1n) is 9.64. The monoisotopic (exact) mass is 461 g/mol. The smallest absolute Gasteiger partial charge is 0.340 e. The van der Waals surface area contributed by atoms with Crippen LogP contribution in [0.3, 0.4) is 0 Å². The molecule has 2 aromatic carbocycles. The molecule has 0 unspecified atom stereocenters. The number of Topliss-reactive ketones (excluding diaryl/α,β-unsaturated/α-hetero) is 1. The first-order valence-corrected chi connectivity index (χ1v) is 10.0. The maximum Gasteiger partial charge on any atom is 0.340 e. The van der Waals surface area contributed by atoms with E-state index in [0.29, 0.717) is 41.4 Å². The van der Waals surface area contributed by atoms with Crippen LogP contribution in [0.15, 0.2) is 36.4 Å². The van der Waals surface area contributed by atoms with Crippen LogP contribution in [0.5, 0.6) is 11.5 Å². The molecule has 0 fully saturated rings. The van der Waals surface area contributed by atoms with Crippen LogP contribution in [0, 0.1) is 25.5 Å². The summed E-state index contributed by atoms with van der Waals surface area (Å²) in [6.07, 6.45) is 0. The zero-order valence-electron chi connectivity index (χ0n) is 17.2. The number of fused-ring (bicyclic) bond motifs is 1. The van der Waals surface area contributed by atoms with Crippen molar-refractivity contribution in [3.05, 3.63) is 81.1 Å². The summed E-state index contributed by atoms with van der Waals surface area (Å²) in [7, 11) is 0. The number of carbonyl (C=O) groups is 2. The van der Waals surface area contributed by atoms with Gasteiger partial charge >= 0.3 is 5.97 Å². The van der Waals surface area contributed by atoms with E-state index in [0.717, 1.165) is 11.3 Å². The SMILES string of the molecule is Cc1cc(C(=O)COC(=O)c2cc(F)c(F)cc2Cl)c(C)n1Cc1ccc2c(c1)OCO2. The Morgan fingerprint density at radius 2 is 1.75 bits per heavy atom. The highest BCUT2D eigenvalue weighted by Gasteiger charge is 2.21. The van der Waals surface area contributed by atoms with Gasteiger partial charge in [-0.2, -0.15) is 0 Å². The van der Waals surface area contributed by atoms with E-state index in [1.807, 2.05) is 29.7 Å². The van der Waals surface area contributed by atoms with Gasteiger partial charge in [0.05, 0.1) is 10.6 Å². The van der Waals surface area contributed by atoms with Crippen LogP contribution in [-0.2, 0) is 11.3 Å². The van der Waals surface area contributed by atoms with Crippen molar-refractivity contribution in [2.24, 2.45) is 0 Å². The second kappa shape index (κ2) is 8.63. The molecule has 3 aromatic rings. The quantitative estimate of drug-likeness (QED) is 0.298. The summed E-state index contributed by atoms with van der Waals surface area (Å²) < 4.78 is 44.3. The van der Waals surface area contributed by atoms with Crippen LogP contribution < -0.4 is 9.47 Å². The predicted molar refractivity (Wildman–Crippen MR) is 112 cm³/mol. The van der Waals surface area contributed by atoms with Gasteiger partial charge in [-0.1, -0.05) is 17.7 Å². The van der Waals surface area contributed by atoms with Crippen molar-refractivity contribution in [2.75, 3.05) is 13.4 Å². The van der Waals surface area contributed by atoms with Crippen molar-refractivity contribution >= 4 is 23.4 Å². The first-order chi connectivity index (χ1) is 15.2. The highest BCUT2D eigenvalue weighted by atomic mass is 35.5. The summed E-state index contributed by atoms with van der Waals surface area (Å²) in [5.74, 6) is -2.51. The number of ketones is 1. The third-order valence-electron chi connectivity index (χ3n) is 5.22. The molecule has 0 amide bonds. The standard InChI is InChI=1S/C23H18ClF2NO5/c1-12-5-15(13(2)27(12)9-14-3-4-21-22(6-14)32-11-31-21)20(28)10-30-23(29)16-7-18(25)19(26)8-17(16)24/h3-8H,9-11H2,1-2H3. The van der Waals surface area contributed by atoms with Gasteiger partial charge < -0.3 is 18.8 Å². The Bertz CT molecular complexity index is 1240. The Morgan fingerprint density at radius 1 is 1.03 bits per heavy atom. The lowest BCUT2D eigenvalue weighted by Gasteiger charge is -2.11. The van der Waals surface area contributed by atoms with Crippen molar-refractivity contribution in [1.82, 2.24) is 4.57 Å². The van der Waals surface area contributed by atoms with Gasteiger partial charge in [-0.15, -0.1) is 0 Å². The third kappa shape index (κ3) is 4.18. The Hall–Kier alpha value is -3.39. The average molecular weight is 462 g/mol. The van der Waals surface area contributed by atoms with Crippen molar-refractivity contribution in [3.8, 4) is 11.5 Å². The molecule has 1 aliphatic heterocycles. The molecule has 0 saturated heterocycles. The van der Waals surface area contributed by atoms with Crippen LogP contribution in [0.4, 0.5) is 8.78 Å². The van der Waals surface area contributed by atoms with Gasteiger partial charge in [0, 0.05) is 23.5 Å². The lowest BCUT2D eigenvalue weighted by Crippen LogP contribution is -2.16. The van der Waals surface area contributed by atoms with Gasteiger partial charge in [0.25, 0.3) is 0 Å². The Labute approximate surface area is 187 Å². The number of benzene rings is 2. The molecule has 1 aliphatic rings. The molecule has 0 spiro atoms. The summed E-state index contributed by atoms with van der Waals surface area (Å²) in [6.45, 7) is 3.78. The van der Waals surface area contributed by atoms with Crippen LogP contribution in [0.1, 0.15) is 37.7 Å². The van der Waals surface area contributed by atoms with E-state index >= 15 is 0 Å². The lowest BCUT2D eigenvalue weighted by molar-refractivity contribution is 0.0474. The number of nitrogens with zero attached hydrogens (tertiary/aromatic N) is 1. The molecule has 0 atom stereocenters. The number of carbonyl (C=O) groups excluding carboxylic acids is 2. The lowest BCUT2D eigenvalue weighted by atomic mass is 10.1. The fraction of sp³-hybridized carbons (Fsp3) is 0.217. The Morgan fingerprint density at radius 3 is 2.53 bits per heavy atom. The van der Waals surface area contributed by atoms with E-state index in [1.54, 1.807) is 13.0 Å². The summed E-state index contributed by atoms with van der Waals surface area (Å²) in [5, 5.41) is -0.303. The van der Waals surface area contributed by atoms with Crippen LogP contribution in [0.2, 0.25) is 5.02 Å². The molecular formula is C23H18ClF2NO5. The van der Waals surface area contributed by atoms with Crippen molar-refractivity contribution in [3.63, 3.8) is 0 Å². The highest BCUT2D eigenvalue weighted by molar-refractivity contribution is 6.33. The van der Waals surface area contributed by atoms with Gasteiger partial charge in [0.2, 0.25) is 12.6 Å². The number of hydrogen-bond donors (Lipinski definition) is 0. The molecule has 0 radical (unpaired) electrons. The number of halogens is 3. The molecule has 9 heteroatoms. The van der Waals surface area contributed by atoms with Gasteiger partial charge in [-0.25, -0.2) is 13.6 Å². The van der Waals surface area contributed by atoms with E-state index in [4.69, 9.17) is 25.8 Å². The number of ether oxygens (including phenoxy) is 3. The third-order valence-corrected chi connectivity index (χ3v) is 5.53. The molecule has 0 aliphatic carbocycles. The molecule has 166 valence electrons. The maximum absolute atomic E-state index is 13.4. The van der Waals surface area contributed by atoms with Crippen LogP contribution in [-0.4, -0.2) is 29.7 Å². The predicted octanol–water partition coefficient (Wildman–Crippen LogP) is 4.85. The maximum atomic E-state index is 13.4. The molecule has 32 heavy (non-hydrogen) atoms. The molecular weight excluding hydrogens is 444 g/mol. The summed E-state index contributed by atoms with van der Waals surface area (Å²) >= 11 is 5.78. The fourth-order valence-corrected chi connectivity index (χ4v) is 3.74. The minimum absolute atomic E-state index is 0.188. The van der Waals surface area contributed by atoms with Crippen molar-refractivity contribution in [1.29, 1.82) is 0 Å². The van der Waals surface area contributed by atoms with E-state index in [9.17, 15) is 18.4 Å². The van der Waals surface area contributed by atoms with Crippen LogP contribution in [0.25, 0.3) is 0 Å². The topological polar surface area (TPSA) is 66.8 Å². The summed E-state index contributed by atoms with van der Waals surface area (Å²) in [4.78, 5) is 24.9. The minimum atomic E-state index is -1.24. The van der Waals surface area contributed by atoms with E-state index in [-0.39, 0.29) is 17.4 Å². The summed E-state index contributed by atoms with van der Waals surface area (Å²) in [6, 6.07) is 8.67. The van der Waals surface area contributed by atoms with Gasteiger partial charge in [0.1, 0.15) is 0 Å². The van der Waals surface area contributed by atoms with Crippen LogP contribution >= 0.6 is 11.6 Å². The second-order valence-electron chi connectivity index (χ2n) is 7.30. The molecule has 6 nitrogen and oxygen atoms in total. The molecule has 0 saturated carbocycles. The Balaban J connectivity index is 1.47. The minimum Gasteiger partial charge on any atom is -0.454 e. The molecule has 1 aromatic heterocycles. The van der Waals surface area contributed by atoms with Crippen molar-refractivity contribution in [2.45, 2.75) is 20.4 Å². The number of aromatic nitrogens is 1. The summed E-state index contributed by atoms with van der Waals surface area (Å²) in [5.41, 5.74) is 2.55. The molecule has 0 bridgehead atoms. The van der Waals surface area contributed by atoms with E-state index in [2.05, 4.69) is 0 Å². The number of aryl methyl sites for hydroxylation is 1. The van der Waals surface area contributed by atoms with E-state index < -0.39 is 30.0 Å². The van der Waals surface area contributed by atoms with Gasteiger partial charge in [-0.05, 0) is 49.7 Å². The van der Waals surface area contributed by atoms with E-state index in [1.165, 1.54) is 0 Å². The Kier molecular flexibility index (Phi) is 5.88. The average Bonchev–Trinajstić information content (AvgIpc) is 3.33. The largest absolute Gasteiger partial charge is 0.454 e. The molecule has 0 N–H and O–H groups in total. The molecule has 4 rings (SSSR count). The number of rotatable bonds is 6. The molecule has 2 heterocycles. The highest BCUT2D eigenvalue weighted by Crippen LogP contribution is 2.33. The normalized spacial score (nSPS) is 12.2. The van der Waals surface area contributed by atoms with Gasteiger partial charge in [0.15, 0.2) is 29.7 Å². The first kappa shape index (κ1) is 21.8. The fourth-order valence-electron chi connectivity index (χ4n) is 3.51. The van der Waals surface area contributed by atoms with Gasteiger partial charge in [-0.3, -0.25) is 4.79 Å².